The molecule has 0 saturated heterocycles. The van der Waals surface area contributed by atoms with E-state index in [1.54, 1.807) is 23.8 Å². The lowest BCUT2D eigenvalue weighted by Gasteiger charge is -2.07. The molecule has 2 heterocycles. The van der Waals surface area contributed by atoms with Crippen LogP contribution in [0.4, 0.5) is 0 Å². The standard InChI is InChI=1S/C18H19N3O4S/c1-12-5-6-13-15(10-12)26-18(20-17(23)14-4-3-8-25-14)21(13)11-16(22)19-7-9-24-2/h3-6,8,10H,7,9,11H2,1-2H3,(H,19,22). The zero-order valence-electron chi connectivity index (χ0n) is 14.5. The van der Waals surface area contributed by atoms with Gasteiger partial charge in [-0.1, -0.05) is 17.4 Å². The number of rotatable bonds is 6. The Morgan fingerprint density at radius 1 is 1.35 bits per heavy atom. The highest BCUT2D eigenvalue weighted by Gasteiger charge is 2.13. The van der Waals surface area contributed by atoms with Gasteiger partial charge < -0.3 is 19.0 Å². The molecule has 0 saturated carbocycles. The summed E-state index contributed by atoms with van der Waals surface area (Å²) >= 11 is 1.36. The van der Waals surface area contributed by atoms with Gasteiger partial charge >= 0.3 is 5.91 Å². The molecule has 7 nitrogen and oxygen atoms in total. The van der Waals surface area contributed by atoms with Gasteiger partial charge in [0, 0.05) is 13.7 Å². The molecule has 0 aliphatic carbocycles. The zero-order chi connectivity index (χ0) is 18.5. The smallest absolute Gasteiger partial charge is 0.315 e. The number of furan rings is 1. The molecule has 0 unspecified atom stereocenters. The lowest BCUT2D eigenvalue weighted by molar-refractivity contribution is -0.121. The van der Waals surface area contributed by atoms with Crippen molar-refractivity contribution in [2.75, 3.05) is 20.3 Å². The summed E-state index contributed by atoms with van der Waals surface area (Å²) in [6.07, 6.45) is 1.42. The molecule has 0 spiro atoms. The van der Waals surface area contributed by atoms with Crippen molar-refractivity contribution in [3.05, 3.63) is 52.7 Å². The van der Waals surface area contributed by atoms with Gasteiger partial charge in [-0.05, 0) is 36.8 Å². The molecule has 0 bridgehead atoms. The monoisotopic (exact) mass is 373 g/mol. The molecule has 0 radical (unpaired) electrons. The molecule has 0 aliphatic rings. The minimum atomic E-state index is -0.480. The van der Waals surface area contributed by atoms with Crippen molar-refractivity contribution in [3.63, 3.8) is 0 Å². The van der Waals surface area contributed by atoms with Gasteiger partial charge in [0.2, 0.25) is 5.91 Å². The van der Waals surface area contributed by atoms with E-state index < -0.39 is 5.91 Å². The molecule has 0 aliphatic heterocycles. The quantitative estimate of drug-likeness (QED) is 0.671. The summed E-state index contributed by atoms with van der Waals surface area (Å²) in [5.74, 6) is -0.490. The molecule has 136 valence electrons. The summed E-state index contributed by atoms with van der Waals surface area (Å²) in [7, 11) is 1.58. The van der Waals surface area contributed by atoms with Crippen LogP contribution in [0.1, 0.15) is 16.1 Å². The van der Waals surface area contributed by atoms with Crippen LogP contribution in [0.25, 0.3) is 10.2 Å². The van der Waals surface area contributed by atoms with Crippen molar-refractivity contribution in [2.45, 2.75) is 13.5 Å². The number of nitrogens with one attached hydrogen (secondary N) is 1. The van der Waals surface area contributed by atoms with Crippen molar-refractivity contribution in [1.82, 2.24) is 9.88 Å². The molecule has 0 fully saturated rings. The number of ether oxygens (including phenoxy) is 1. The number of benzene rings is 1. The molecular weight excluding hydrogens is 354 g/mol. The Morgan fingerprint density at radius 3 is 2.92 bits per heavy atom. The van der Waals surface area contributed by atoms with Gasteiger partial charge in [0.15, 0.2) is 10.6 Å². The molecule has 1 N–H and O–H groups in total. The third-order valence-electron chi connectivity index (χ3n) is 3.70. The average molecular weight is 373 g/mol. The third-order valence-corrected chi connectivity index (χ3v) is 4.74. The summed E-state index contributed by atoms with van der Waals surface area (Å²) in [5.41, 5.74) is 1.95. The van der Waals surface area contributed by atoms with Gasteiger partial charge in [-0.3, -0.25) is 9.59 Å². The molecule has 3 aromatic rings. The number of amides is 2. The maximum Gasteiger partial charge on any atom is 0.315 e. The van der Waals surface area contributed by atoms with Gasteiger partial charge in [-0.15, -0.1) is 0 Å². The van der Waals surface area contributed by atoms with E-state index in [9.17, 15) is 9.59 Å². The third kappa shape index (κ3) is 4.09. The Bertz CT molecular complexity index is 986. The highest BCUT2D eigenvalue weighted by atomic mass is 32.1. The van der Waals surface area contributed by atoms with Crippen LogP contribution in [0.2, 0.25) is 0 Å². The number of fused-ring (bicyclic) bond motifs is 1. The van der Waals surface area contributed by atoms with Gasteiger partial charge in [0.05, 0.1) is 23.1 Å². The fraction of sp³-hybridized carbons (Fsp3) is 0.278. The van der Waals surface area contributed by atoms with E-state index in [4.69, 9.17) is 9.15 Å². The van der Waals surface area contributed by atoms with Crippen molar-refractivity contribution in [1.29, 1.82) is 0 Å². The first kappa shape index (κ1) is 18.1. The molecular formula is C18H19N3O4S. The van der Waals surface area contributed by atoms with Crippen molar-refractivity contribution >= 4 is 33.4 Å². The van der Waals surface area contributed by atoms with Crippen LogP contribution in [0, 0.1) is 6.92 Å². The van der Waals surface area contributed by atoms with E-state index in [2.05, 4.69) is 10.3 Å². The normalized spacial score (nSPS) is 11.8. The Balaban J connectivity index is 1.98. The van der Waals surface area contributed by atoms with Gasteiger partial charge in [0.25, 0.3) is 0 Å². The first-order valence-electron chi connectivity index (χ1n) is 8.06. The first-order chi connectivity index (χ1) is 12.6. The van der Waals surface area contributed by atoms with E-state index in [-0.39, 0.29) is 18.2 Å². The molecule has 1 aromatic carbocycles. The van der Waals surface area contributed by atoms with Gasteiger partial charge in [-0.2, -0.15) is 4.99 Å². The maximum atomic E-state index is 12.3. The van der Waals surface area contributed by atoms with Crippen molar-refractivity contribution in [3.8, 4) is 0 Å². The highest BCUT2D eigenvalue weighted by Crippen LogP contribution is 2.19. The molecule has 2 aromatic heterocycles. The summed E-state index contributed by atoms with van der Waals surface area (Å²) < 4.78 is 12.7. The lowest BCUT2D eigenvalue weighted by Crippen LogP contribution is -2.33. The predicted octanol–water partition coefficient (Wildman–Crippen LogP) is 2.11. The zero-order valence-corrected chi connectivity index (χ0v) is 15.3. The van der Waals surface area contributed by atoms with Crippen LogP contribution in [0.15, 0.2) is 46.0 Å². The highest BCUT2D eigenvalue weighted by molar-refractivity contribution is 7.16. The van der Waals surface area contributed by atoms with Crippen LogP contribution < -0.4 is 10.1 Å². The van der Waals surface area contributed by atoms with Crippen LogP contribution in [0.3, 0.4) is 0 Å². The van der Waals surface area contributed by atoms with Crippen LogP contribution in [0.5, 0.6) is 0 Å². The summed E-state index contributed by atoms with van der Waals surface area (Å²) in [4.78, 5) is 29.1. The number of hydrogen-bond acceptors (Lipinski definition) is 5. The van der Waals surface area contributed by atoms with E-state index >= 15 is 0 Å². The largest absolute Gasteiger partial charge is 0.459 e. The number of thiazole rings is 1. The predicted molar refractivity (Wildman–Crippen MR) is 98.0 cm³/mol. The minimum absolute atomic E-state index is 0.0665. The summed E-state index contributed by atoms with van der Waals surface area (Å²) in [5, 5.41) is 2.78. The van der Waals surface area contributed by atoms with E-state index in [1.807, 2.05) is 25.1 Å². The molecule has 8 heteroatoms. The van der Waals surface area contributed by atoms with E-state index in [0.29, 0.717) is 18.0 Å². The minimum Gasteiger partial charge on any atom is -0.459 e. The van der Waals surface area contributed by atoms with Crippen molar-refractivity contribution < 1.29 is 18.7 Å². The first-order valence-corrected chi connectivity index (χ1v) is 8.88. The maximum absolute atomic E-state index is 12.3. The summed E-state index contributed by atoms with van der Waals surface area (Å²) in [6, 6.07) is 9.10. The molecule has 2 amide bonds. The average Bonchev–Trinajstić information content (AvgIpc) is 3.24. The second-order valence-electron chi connectivity index (χ2n) is 5.68. The van der Waals surface area contributed by atoms with Crippen LogP contribution in [-0.4, -0.2) is 36.6 Å². The van der Waals surface area contributed by atoms with E-state index in [1.165, 1.54) is 17.6 Å². The number of aromatic nitrogens is 1. The fourth-order valence-corrected chi connectivity index (χ4v) is 3.58. The van der Waals surface area contributed by atoms with Crippen molar-refractivity contribution in [2.24, 2.45) is 4.99 Å². The molecule has 26 heavy (non-hydrogen) atoms. The lowest BCUT2D eigenvalue weighted by atomic mass is 10.2. The van der Waals surface area contributed by atoms with Gasteiger partial charge in [0.1, 0.15) is 6.54 Å². The number of nitrogens with zero attached hydrogens (tertiary/aromatic N) is 2. The number of carbonyl (C=O) groups excluding carboxylic acids is 2. The Labute approximate surface area is 153 Å². The van der Waals surface area contributed by atoms with Gasteiger partial charge in [-0.25, -0.2) is 0 Å². The SMILES string of the molecule is COCCNC(=O)Cn1c(=NC(=O)c2ccco2)sc2cc(C)ccc21. The molecule has 0 atom stereocenters. The van der Waals surface area contributed by atoms with Crippen LogP contribution in [-0.2, 0) is 16.1 Å². The topological polar surface area (TPSA) is 85.8 Å². The Kier molecular flexibility index (Phi) is 5.65. The summed E-state index contributed by atoms with van der Waals surface area (Å²) in [6.45, 7) is 2.92. The van der Waals surface area contributed by atoms with E-state index in [0.717, 1.165) is 15.8 Å². The Hall–Kier alpha value is -2.71. The Morgan fingerprint density at radius 2 is 2.19 bits per heavy atom. The van der Waals surface area contributed by atoms with Crippen LogP contribution >= 0.6 is 11.3 Å². The number of carbonyl (C=O) groups is 2. The molecule has 3 rings (SSSR count). The fourth-order valence-electron chi connectivity index (χ4n) is 2.45. The number of methoxy groups -OCH3 is 1. The number of aryl methyl sites for hydroxylation is 1. The second kappa shape index (κ2) is 8.11. The number of hydrogen-bond donors (Lipinski definition) is 1. The second-order valence-corrected chi connectivity index (χ2v) is 6.69.